The molecule has 0 heterocycles. The van der Waals surface area contributed by atoms with Crippen molar-refractivity contribution in [2.24, 2.45) is 11.5 Å². The van der Waals surface area contributed by atoms with Gasteiger partial charge in [0.25, 0.3) is 0 Å². The molecule has 0 spiro atoms. The molecule has 0 fully saturated rings. The van der Waals surface area contributed by atoms with Crippen LogP contribution in [0.5, 0.6) is 0 Å². The first-order valence-corrected chi connectivity index (χ1v) is 8.72. The molecule has 0 aliphatic heterocycles. The largest absolute Gasteiger partial charge is 0.381 e. The van der Waals surface area contributed by atoms with E-state index in [1.807, 2.05) is 6.07 Å². The van der Waals surface area contributed by atoms with Gasteiger partial charge in [0.15, 0.2) is 0 Å². The van der Waals surface area contributed by atoms with Gasteiger partial charge in [0.05, 0.1) is 5.92 Å². The number of primary amides is 2. The van der Waals surface area contributed by atoms with Crippen molar-refractivity contribution in [2.75, 3.05) is 5.32 Å². The zero-order valence-corrected chi connectivity index (χ0v) is 15.1. The second-order valence-electron chi connectivity index (χ2n) is 6.39. The summed E-state index contributed by atoms with van der Waals surface area (Å²) in [5.41, 5.74) is 14.1. The molecule has 142 valence electrons. The lowest BCUT2D eigenvalue weighted by Crippen LogP contribution is -2.25. The lowest BCUT2D eigenvalue weighted by Gasteiger charge is -2.18. The summed E-state index contributed by atoms with van der Waals surface area (Å²) < 4.78 is 13.0. The fraction of sp³-hybridized carbons (Fsp3) is 0.0909. The summed E-state index contributed by atoms with van der Waals surface area (Å²) in [6.07, 6.45) is 0. The maximum atomic E-state index is 13.0. The number of hydrogen-bond acceptors (Lipinski definition) is 3. The van der Waals surface area contributed by atoms with Crippen LogP contribution in [0.1, 0.15) is 33.0 Å². The summed E-state index contributed by atoms with van der Waals surface area (Å²) in [7, 11) is 0. The van der Waals surface area contributed by atoms with E-state index < -0.39 is 17.7 Å². The highest BCUT2D eigenvalue weighted by molar-refractivity contribution is 5.98. The quantitative estimate of drug-likeness (QED) is 0.590. The third-order valence-corrected chi connectivity index (χ3v) is 4.46. The molecule has 28 heavy (non-hydrogen) atoms. The Bertz CT molecular complexity index is 988. The van der Waals surface area contributed by atoms with Crippen LogP contribution in [-0.4, -0.2) is 11.8 Å². The summed E-state index contributed by atoms with van der Waals surface area (Å²) in [6, 6.07) is 20.1. The fourth-order valence-corrected chi connectivity index (χ4v) is 3.08. The Kier molecular flexibility index (Phi) is 5.69. The number of benzene rings is 3. The van der Waals surface area contributed by atoms with Crippen LogP contribution in [-0.2, 0) is 11.3 Å². The van der Waals surface area contributed by atoms with Crippen molar-refractivity contribution >= 4 is 17.5 Å². The Morgan fingerprint density at radius 3 is 2.21 bits per heavy atom. The van der Waals surface area contributed by atoms with Gasteiger partial charge in [-0.05, 0) is 41.0 Å². The van der Waals surface area contributed by atoms with Gasteiger partial charge >= 0.3 is 0 Å². The second kappa shape index (κ2) is 8.35. The summed E-state index contributed by atoms with van der Waals surface area (Å²) in [6.45, 7) is 0.440. The maximum absolute atomic E-state index is 13.0. The Labute approximate surface area is 162 Å². The number of rotatable bonds is 7. The average molecular weight is 377 g/mol. The van der Waals surface area contributed by atoms with Gasteiger partial charge in [-0.25, -0.2) is 4.39 Å². The first-order chi connectivity index (χ1) is 13.5. The number of nitrogens with two attached hydrogens (primary N) is 2. The number of nitrogens with one attached hydrogen (secondary N) is 1. The van der Waals surface area contributed by atoms with Crippen molar-refractivity contribution in [1.29, 1.82) is 0 Å². The van der Waals surface area contributed by atoms with E-state index in [9.17, 15) is 14.0 Å². The zero-order chi connectivity index (χ0) is 20.1. The first kappa shape index (κ1) is 19.1. The van der Waals surface area contributed by atoms with Crippen LogP contribution in [0.2, 0.25) is 0 Å². The van der Waals surface area contributed by atoms with Crippen molar-refractivity contribution < 1.29 is 14.0 Å². The lowest BCUT2D eigenvalue weighted by molar-refractivity contribution is -0.118. The van der Waals surface area contributed by atoms with Gasteiger partial charge < -0.3 is 16.8 Å². The van der Waals surface area contributed by atoms with Gasteiger partial charge in [-0.15, -0.1) is 0 Å². The average Bonchev–Trinajstić information content (AvgIpc) is 2.69. The molecular weight excluding hydrogens is 357 g/mol. The smallest absolute Gasteiger partial charge is 0.249 e. The Morgan fingerprint density at radius 1 is 0.929 bits per heavy atom. The minimum Gasteiger partial charge on any atom is -0.381 e. The van der Waals surface area contributed by atoms with E-state index in [0.717, 1.165) is 5.56 Å². The number of hydrogen-bond donors (Lipinski definition) is 3. The third-order valence-electron chi connectivity index (χ3n) is 4.46. The van der Waals surface area contributed by atoms with E-state index >= 15 is 0 Å². The molecule has 0 aromatic heterocycles. The van der Waals surface area contributed by atoms with Crippen LogP contribution in [0.4, 0.5) is 10.1 Å². The van der Waals surface area contributed by atoms with E-state index in [1.54, 1.807) is 54.6 Å². The molecular formula is C22H20FN3O2. The van der Waals surface area contributed by atoms with Gasteiger partial charge in [0.1, 0.15) is 5.82 Å². The molecule has 0 aliphatic carbocycles. The molecule has 0 bridgehead atoms. The van der Waals surface area contributed by atoms with E-state index in [-0.39, 0.29) is 11.4 Å². The topological polar surface area (TPSA) is 98.2 Å². The minimum absolute atomic E-state index is 0.219. The highest BCUT2D eigenvalue weighted by Crippen LogP contribution is 2.29. The highest BCUT2D eigenvalue weighted by atomic mass is 19.1. The van der Waals surface area contributed by atoms with E-state index in [1.165, 1.54) is 12.1 Å². The van der Waals surface area contributed by atoms with Crippen molar-refractivity contribution in [3.63, 3.8) is 0 Å². The van der Waals surface area contributed by atoms with Crippen molar-refractivity contribution in [2.45, 2.75) is 12.5 Å². The number of amides is 2. The van der Waals surface area contributed by atoms with Gasteiger partial charge in [0.2, 0.25) is 11.8 Å². The molecule has 1 unspecified atom stereocenters. The predicted octanol–water partition coefficient (Wildman–Crippen LogP) is 3.15. The van der Waals surface area contributed by atoms with Crippen LogP contribution in [0.15, 0.2) is 72.8 Å². The van der Waals surface area contributed by atoms with Crippen molar-refractivity contribution in [3.8, 4) is 0 Å². The van der Waals surface area contributed by atoms with Gasteiger partial charge in [0, 0.05) is 17.8 Å². The number of carbonyl (C=O) groups is 2. The Morgan fingerprint density at radius 2 is 1.61 bits per heavy atom. The summed E-state index contributed by atoms with van der Waals surface area (Å²) in [5, 5.41) is 3.16. The van der Waals surface area contributed by atoms with E-state index in [4.69, 9.17) is 11.5 Å². The standard InChI is InChI=1S/C22H20FN3O2/c23-16-8-6-14(7-9-16)13-26-17-10-11-18(19(12-17)21(24)27)20(22(25)28)15-4-2-1-3-5-15/h1-12,20,26H,13H2,(H2,24,27)(H2,25,28). The predicted molar refractivity (Wildman–Crippen MR) is 106 cm³/mol. The summed E-state index contributed by atoms with van der Waals surface area (Å²) in [4.78, 5) is 24.2. The molecule has 0 aliphatic rings. The maximum Gasteiger partial charge on any atom is 0.249 e. The Hall–Kier alpha value is -3.67. The third kappa shape index (κ3) is 4.35. The molecule has 5 N–H and O–H groups in total. The minimum atomic E-state index is -0.783. The van der Waals surface area contributed by atoms with Crippen molar-refractivity contribution in [3.05, 3.63) is 101 Å². The molecule has 0 radical (unpaired) electrons. The number of halogens is 1. The van der Waals surface area contributed by atoms with Crippen LogP contribution in [0.25, 0.3) is 0 Å². The molecule has 2 amide bonds. The SMILES string of the molecule is NC(=O)c1cc(NCc2ccc(F)cc2)ccc1C(C(N)=O)c1ccccc1. The molecule has 3 rings (SSSR count). The highest BCUT2D eigenvalue weighted by Gasteiger charge is 2.25. The number of anilines is 1. The Balaban J connectivity index is 1.91. The van der Waals surface area contributed by atoms with E-state index in [0.29, 0.717) is 23.4 Å². The van der Waals surface area contributed by atoms with Crippen LogP contribution >= 0.6 is 0 Å². The van der Waals surface area contributed by atoms with Crippen LogP contribution in [0, 0.1) is 5.82 Å². The number of carbonyl (C=O) groups excluding carboxylic acids is 2. The molecule has 6 heteroatoms. The first-order valence-electron chi connectivity index (χ1n) is 8.72. The van der Waals surface area contributed by atoms with Gasteiger partial charge in [-0.3, -0.25) is 9.59 Å². The van der Waals surface area contributed by atoms with Crippen molar-refractivity contribution in [1.82, 2.24) is 0 Å². The molecule has 0 saturated carbocycles. The molecule has 3 aromatic rings. The molecule has 1 atom stereocenters. The van der Waals surface area contributed by atoms with Crippen LogP contribution < -0.4 is 16.8 Å². The molecule has 3 aromatic carbocycles. The normalized spacial score (nSPS) is 11.6. The van der Waals surface area contributed by atoms with Gasteiger partial charge in [-0.1, -0.05) is 48.5 Å². The summed E-state index contributed by atoms with van der Waals surface area (Å²) in [5.74, 6) is -2.30. The van der Waals surface area contributed by atoms with Crippen LogP contribution in [0.3, 0.4) is 0 Å². The monoisotopic (exact) mass is 377 g/mol. The van der Waals surface area contributed by atoms with Gasteiger partial charge in [-0.2, -0.15) is 0 Å². The molecule has 5 nitrogen and oxygen atoms in total. The lowest BCUT2D eigenvalue weighted by atomic mass is 9.87. The molecule has 0 saturated heterocycles. The van der Waals surface area contributed by atoms with E-state index in [2.05, 4.69) is 5.32 Å². The zero-order valence-electron chi connectivity index (χ0n) is 15.1. The fourth-order valence-electron chi connectivity index (χ4n) is 3.08. The second-order valence-corrected chi connectivity index (χ2v) is 6.39. The summed E-state index contributed by atoms with van der Waals surface area (Å²) >= 11 is 0.